The van der Waals surface area contributed by atoms with E-state index in [4.69, 9.17) is 5.11 Å². The van der Waals surface area contributed by atoms with E-state index in [-0.39, 0.29) is 23.4 Å². The fourth-order valence-corrected chi connectivity index (χ4v) is 2.49. The SMILES string of the molecule is O=C(O)c1cc2c(c(C(F)(F)c3ccccc3F)c1)CN=CN2. The second kappa shape index (κ2) is 5.42. The molecule has 23 heavy (non-hydrogen) atoms. The molecule has 0 fully saturated rings. The van der Waals surface area contributed by atoms with E-state index in [0.717, 1.165) is 18.2 Å². The molecule has 4 nitrogen and oxygen atoms in total. The number of nitrogens with one attached hydrogen (secondary N) is 1. The molecule has 0 aromatic heterocycles. The van der Waals surface area contributed by atoms with Crippen LogP contribution in [0.1, 0.15) is 27.0 Å². The average Bonchev–Trinajstić information content (AvgIpc) is 2.53. The van der Waals surface area contributed by atoms with Crippen LogP contribution in [0.15, 0.2) is 41.4 Å². The average molecular weight is 320 g/mol. The van der Waals surface area contributed by atoms with Gasteiger partial charge in [-0.1, -0.05) is 12.1 Å². The van der Waals surface area contributed by atoms with E-state index >= 15 is 0 Å². The number of benzene rings is 2. The van der Waals surface area contributed by atoms with Gasteiger partial charge < -0.3 is 10.4 Å². The van der Waals surface area contributed by atoms with Crippen molar-refractivity contribution in [1.82, 2.24) is 0 Å². The number of aromatic carboxylic acids is 1. The third-order valence-corrected chi connectivity index (χ3v) is 3.61. The highest BCUT2D eigenvalue weighted by molar-refractivity contribution is 5.92. The van der Waals surface area contributed by atoms with Gasteiger partial charge in [-0.25, -0.2) is 9.18 Å². The largest absolute Gasteiger partial charge is 0.478 e. The minimum absolute atomic E-state index is 0.0401. The van der Waals surface area contributed by atoms with Crippen molar-refractivity contribution >= 4 is 18.0 Å². The lowest BCUT2D eigenvalue weighted by atomic mass is 9.92. The summed E-state index contributed by atoms with van der Waals surface area (Å²) in [6, 6.07) is 6.65. The molecule has 2 aromatic rings. The number of anilines is 1. The predicted molar refractivity (Wildman–Crippen MR) is 78.6 cm³/mol. The number of carbonyl (C=O) groups is 1. The fraction of sp³-hybridized carbons (Fsp3) is 0.125. The molecular weight excluding hydrogens is 309 g/mol. The lowest BCUT2D eigenvalue weighted by Crippen LogP contribution is -2.22. The van der Waals surface area contributed by atoms with Gasteiger partial charge in [0.05, 0.1) is 24.0 Å². The summed E-state index contributed by atoms with van der Waals surface area (Å²) in [5.41, 5.74) is -1.31. The highest BCUT2D eigenvalue weighted by Gasteiger charge is 2.40. The number of halogens is 3. The standard InChI is InChI=1S/C16H11F3N2O2/c17-13-4-2-1-3-11(13)16(18,19)12-5-9(15(22)23)6-14-10(12)7-20-8-21-14/h1-6,8H,7H2,(H,20,21)(H,22,23). The van der Waals surface area contributed by atoms with E-state index in [0.29, 0.717) is 0 Å². The Morgan fingerprint density at radius 3 is 2.65 bits per heavy atom. The van der Waals surface area contributed by atoms with E-state index in [2.05, 4.69) is 10.3 Å². The first-order chi connectivity index (χ1) is 10.9. The molecule has 1 heterocycles. The summed E-state index contributed by atoms with van der Waals surface area (Å²) in [5, 5.41) is 11.8. The molecule has 0 saturated carbocycles. The van der Waals surface area contributed by atoms with Crippen LogP contribution in [0, 0.1) is 5.82 Å². The number of alkyl halides is 2. The van der Waals surface area contributed by atoms with Gasteiger partial charge in [-0.2, -0.15) is 8.78 Å². The Labute approximate surface area is 129 Å². The molecule has 0 bridgehead atoms. The van der Waals surface area contributed by atoms with Gasteiger partial charge in [-0.05, 0) is 24.3 Å². The molecule has 0 unspecified atom stereocenters. The van der Waals surface area contributed by atoms with Gasteiger partial charge >= 0.3 is 11.9 Å². The molecule has 3 rings (SSSR count). The molecule has 2 N–H and O–H groups in total. The normalized spacial score (nSPS) is 13.3. The summed E-state index contributed by atoms with van der Waals surface area (Å²) in [7, 11) is 0. The van der Waals surface area contributed by atoms with E-state index in [1.54, 1.807) is 0 Å². The Kier molecular flexibility index (Phi) is 3.55. The smallest absolute Gasteiger partial charge is 0.335 e. The Morgan fingerprint density at radius 1 is 1.22 bits per heavy atom. The second-order valence-corrected chi connectivity index (χ2v) is 5.02. The lowest BCUT2D eigenvalue weighted by molar-refractivity contribution is 0.0379. The first-order valence-electron chi connectivity index (χ1n) is 6.69. The Bertz CT molecular complexity index is 819. The predicted octanol–water partition coefficient (Wildman–Crippen LogP) is 3.62. The van der Waals surface area contributed by atoms with Crippen molar-refractivity contribution in [2.75, 3.05) is 5.32 Å². The maximum atomic E-state index is 14.9. The minimum Gasteiger partial charge on any atom is -0.478 e. The highest BCUT2D eigenvalue weighted by Crippen LogP contribution is 2.42. The Morgan fingerprint density at radius 2 is 1.96 bits per heavy atom. The number of rotatable bonds is 3. The number of carboxylic acids is 1. The number of hydrogen-bond acceptors (Lipinski definition) is 3. The van der Waals surface area contributed by atoms with E-state index < -0.39 is 28.8 Å². The summed E-state index contributed by atoms with van der Waals surface area (Å²) in [4.78, 5) is 15.1. The first-order valence-corrected chi connectivity index (χ1v) is 6.69. The van der Waals surface area contributed by atoms with Gasteiger partial charge in [0.25, 0.3) is 0 Å². The van der Waals surface area contributed by atoms with Gasteiger partial charge in [0.2, 0.25) is 0 Å². The fourth-order valence-electron chi connectivity index (χ4n) is 2.49. The van der Waals surface area contributed by atoms with Crippen LogP contribution in [0.3, 0.4) is 0 Å². The molecule has 118 valence electrons. The third-order valence-electron chi connectivity index (χ3n) is 3.61. The molecule has 0 saturated heterocycles. The molecule has 1 aliphatic rings. The lowest BCUT2D eigenvalue weighted by Gasteiger charge is -2.24. The molecule has 0 atom stereocenters. The summed E-state index contributed by atoms with van der Waals surface area (Å²) in [5.74, 6) is -6.09. The minimum atomic E-state index is -3.69. The van der Waals surface area contributed by atoms with Crippen molar-refractivity contribution in [2.24, 2.45) is 4.99 Å². The van der Waals surface area contributed by atoms with Gasteiger partial charge in [-0.15, -0.1) is 0 Å². The zero-order valence-corrected chi connectivity index (χ0v) is 11.7. The van der Waals surface area contributed by atoms with Crippen LogP contribution >= 0.6 is 0 Å². The monoisotopic (exact) mass is 320 g/mol. The Balaban J connectivity index is 2.24. The van der Waals surface area contributed by atoms with Crippen LogP contribution in [-0.4, -0.2) is 17.4 Å². The van der Waals surface area contributed by atoms with Crippen molar-refractivity contribution in [3.63, 3.8) is 0 Å². The van der Waals surface area contributed by atoms with E-state index in [9.17, 15) is 18.0 Å². The maximum absolute atomic E-state index is 14.9. The molecule has 0 aliphatic carbocycles. The summed E-state index contributed by atoms with van der Waals surface area (Å²) in [6.07, 6.45) is 1.30. The zero-order valence-electron chi connectivity index (χ0n) is 11.7. The van der Waals surface area contributed by atoms with Crippen molar-refractivity contribution in [3.8, 4) is 0 Å². The topological polar surface area (TPSA) is 61.7 Å². The first kappa shape index (κ1) is 15.1. The summed E-state index contributed by atoms with van der Waals surface area (Å²) < 4.78 is 43.6. The second-order valence-electron chi connectivity index (χ2n) is 5.02. The van der Waals surface area contributed by atoms with Gasteiger partial charge in [0.15, 0.2) is 0 Å². The number of carboxylic acid groups (broad SMARTS) is 1. The van der Waals surface area contributed by atoms with Gasteiger partial charge in [0, 0.05) is 16.8 Å². The van der Waals surface area contributed by atoms with E-state index in [1.165, 1.54) is 24.5 Å². The molecule has 7 heteroatoms. The van der Waals surface area contributed by atoms with Crippen LogP contribution in [0.25, 0.3) is 0 Å². The van der Waals surface area contributed by atoms with Gasteiger partial charge in [-0.3, -0.25) is 4.99 Å². The van der Waals surface area contributed by atoms with E-state index in [1.807, 2.05) is 0 Å². The quantitative estimate of drug-likeness (QED) is 0.908. The third kappa shape index (κ3) is 2.54. The highest BCUT2D eigenvalue weighted by atomic mass is 19.3. The summed E-state index contributed by atoms with van der Waals surface area (Å²) in [6.45, 7) is -0.0401. The number of nitrogens with zero attached hydrogens (tertiary/aromatic N) is 1. The summed E-state index contributed by atoms with van der Waals surface area (Å²) >= 11 is 0. The van der Waals surface area contributed by atoms with Gasteiger partial charge in [0.1, 0.15) is 5.82 Å². The number of hydrogen-bond donors (Lipinski definition) is 2. The molecule has 0 spiro atoms. The number of aliphatic imine (C=N–C) groups is 1. The maximum Gasteiger partial charge on any atom is 0.335 e. The van der Waals surface area contributed by atoms with Crippen molar-refractivity contribution in [2.45, 2.75) is 12.5 Å². The van der Waals surface area contributed by atoms with Crippen LogP contribution in [0.2, 0.25) is 0 Å². The molecular formula is C16H11F3N2O2. The molecule has 0 radical (unpaired) electrons. The Hall–Kier alpha value is -2.83. The molecule has 1 aliphatic heterocycles. The van der Waals surface area contributed by atoms with Crippen LogP contribution in [0.5, 0.6) is 0 Å². The number of fused-ring (bicyclic) bond motifs is 1. The van der Waals surface area contributed by atoms with Crippen molar-refractivity contribution in [3.05, 3.63) is 64.5 Å². The van der Waals surface area contributed by atoms with Crippen molar-refractivity contribution in [1.29, 1.82) is 0 Å². The zero-order chi connectivity index (χ0) is 16.6. The van der Waals surface area contributed by atoms with Crippen LogP contribution < -0.4 is 5.32 Å². The molecule has 2 aromatic carbocycles. The van der Waals surface area contributed by atoms with Crippen LogP contribution in [0.4, 0.5) is 18.9 Å². The van der Waals surface area contributed by atoms with Crippen LogP contribution in [-0.2, 0) is 12.5 Å². The molecule has 0 amide bonds. The van der Waals surface area contributed by atoms with Crippen molar-refractivity contribution < 1.29 is 23.1 Å².